The summed E-state index contributed by atoms with van der Waals surface area (Å²) in [7, 11) is -0.298. The van der Waals surface area contributed by atoms with Crippen LogP contribution in [0.25, 0.3) is 0 Å². The predicted molar refractivity (Wildman–Crippen MR) is 80.7 cm³/mol. The molecule has 0 aromatic carbocycles. The standard InChI is InChI=1S/C14H22BNO3S/c1-9-11(15-18-13(2,3)14(4,5)19-15)20-12(16-9)10-6-7-17-8-10/h10H,6-8H2,1-5H3. The number of aryl methyl sites for hydroxylation is 1. The van der Waals surface area contributed by atoms with E-state index in [0.29, 0.717) is 5.92 Å². The first-order valence-electron chi connectivity index (χ1n) is 7.21. The Kier molecular flexibility index (Phi) is 3.48. The molecule has 3 heterocycles. The summed E-state index contributed by atoms with van der Waals surface area (Å²) in [5.74, 6) is 0.440. The van der Waals surface area contributed by atoms with Gasteiger partial charge in [0.05, 0.1) is 27.6 Å². The molecule has 3 rings (SSSR count). The van der Waals surface area contributed by atoms with Crippen molar-refractivity contribution in [3.63, 3.8) is 0 Å². The lowest BCUT2D eigenvalue weighted by Crippen LogP contribution is -2.41. The van der Waals surface area contributed by atoms with Crippen molar-refractivity contribution in [1.82, 2.24) is 4.98 Å². The number of rotatable bonds is 2. The summed E-state index contributed by atoms with van der Waals surface area (Å²) in [5.41, 5.74) is 0.422. The van der Waals surface area contributed by atoms with E-state index in [1.54, 1.807) is 11.3 Å². The molecule has 2 fully saturated rings. The number of hydrogen-bond donors (Lipinski definition) is 0. The van der Waals surface area contributed by atoms with Gasteiger partial charge in [0.25, 0.3) is 0 Å². The Hall–Kier alpha value is -0.425. The molecule has 2 aliphatic heterocycles. The van der Waals surface area contributed by atoms with Crippen molar-refractivity contribution in [2.45, 2.75) is 58.2 Å². The molecule has 0 spiro atoms. The van der Waals surface area contributed by atoms with E-state index in [1.165, 1.54) is 0 Å². The lowest BCUT2D eigenvalue weighted by Gasteiger charge is -2.32. The van der Waals surface area contributed by atoms with E-state index in [2.05, 4.69) is 27.7 Å². The SMILES string of the molecule is Cc1nc(C2CCOC2)sc1B1OC(C)(C)C(C)(C)O1. The molecule has 1 aromatic heterocycles. The van der Waals surface area contributed by atoms with Gasteiger partial charge in [0, 0.05) is 18.2 Å². The van der Waals surface area contributed by atoms with E-state index in [1.807, 2.05) is 6.92 Å². The normalized spacial score (nSPS) is 28.2. The second-order valence-electron chi connectivity index (χ2n) is 6.65. The predicted octanol–water partition coefficient (Wildman–Crippen LogP) is 2.25. The molecular formula is C14H22BNO3S. The van der Waals surface area contributed by atoms with Gasteiger partial charge < -0.3 is 14.0 Å². The average Bonchev–Trinajstić information content (AvgIpc) is 2.98. The molecule has 0 N–H and O–H groups in total. The van der Waals surface area contributed by atoms with Crippen molar-refractivity contribution in [1.29, 1.82) is 0 Å². The Morgan fingerprint density at radius 3 is 2.40 bits per heavy atom. The van der Waals surface area contributed by atoms with Crippen LogP contribution in [0.4, 0.5) is 0 Å². The van der Waals surface area contributed by atoms with Gasteiger partial charge in [-0.2, -0.15) is 0 Å². The summed E-state index contributed by atoms with van der Waals surface area (Å²) < 4.78 is 18.8. The summed E-state index contributed by atoms with van der Waals surface area (Å²) in [6.45, 7) is 12.0. The molecule has 1 aromatic rings. The van der Waals surface area contributed by atoms with E-state index in [0.717, 1.165) is 35.1 Å². The van der Waals surface area contributed by atoms with Gasteiger partial charge in [0.2, 0.25) is 0 Å². The third-order valence-electron chi connectivity index (χ3n) is 4.60. The van der Waals surface area contributed by atoms with Gasteiger partial charge in [0.15, 0.2) is 0 Å². The van der Waals surface area contributed by atoms with E-state index >= 15 is 0 Å². The molecule has 2 saturated heterocycles. The lowest BCUT2D eigenvalue weighted by atomic mass is 9.86. The summed E-state index contributed by atoms with van der Waals surface area (Å²) >= 11 is 1.71. The number of ether oxygens (including phenoxy) is 1. The van der Waals surface area contributed by atoms with Crippen molar-refractivity contribution < 1.29 is 14.0 Å². The largest absolute Gasteiger partial charge is 0.507 e. The third-order valence-corrected chi connectivity index (χ3v) is 5.94. The van der Waals surface area contributed by atoms with Gasteiger partial charge in [-0.15, -0.1) is 11.3 Å². The first kappa shape index (κ1) is 14.5. The topological polar surface area (TPSA) is 40.6 Å². The Morgan fingerprint density at radius 2 is 1.85 bits per heavy atom. The zero-order valence-corrected chi connectivity index (χ0v) is 13.7. The van der Waals surface area contributed by atoms with Crippen LogP contribution in [0.2, 0.25) is 0 Å². The minimum Gasteiger partial charge on any atom is -0.399 e. The van der Waals surface area contributed by atoms with Crippen LogP contribution in [0.5, 0.6) is 0 Å². The fourth-order valence-corrected chi connectivity index (χ4v) is 3.65. The number of nitrogens with zero attached hydrogens (tertiary/aromatic N) is 1. The van der Waals surface area contributed by atoms with Gasteiger partial charge in [0.1, 0.15) is 0 Å². The molecule has 0 radical (unpaired) electrons. The first-order chi connectivity index (χ1) is 9.30. The zero-order valence-electron chi connectivity index (χ0n) is 12.9. The maximum absolute atomic E-state index is 6.12. The Balaban J connectivity index is 1.85. The van der Waals surface area contributed by atoms with Gasteiger partial charge in [-0.1, -0.05) is 0 Å². The quantitative estimate of drug-likeness (QED) is 0.785. The van der Waals surface area contributed by atoms with Crippen LogP contribution in [0.1, 0.15) is 50.7 Å². The molecule has 0 bridgehead atoms. The molecular weight excluding hydrogens is 273 g/mol. The summed E-state index contributed by atoms with van der Waals surface area (Å²) in [4.78, 5) is 4.71. The monoisotopic (exact) mass is 295 g/mol. The maximum Gasteiger partial charge on any atom is 0.507 e. The number of aromatic nitrogens is 1. The van der Waals surface area contributed by atoms with Gasteiger partial charge >= 0.3 is 7.12 Å². The van der Waals surface area contributed by atoms with E-state index in [9.17, 15) is 0 Å². The number of hydrogen-bond acceptors (Lipinski definition) is 5. The van der Waals surface area contributed by atoms with Crippen LogP contribution in [-0.4, -0.2) is 36.5 Å². The zero-order chi connectivity index (χ0) is 14.5. The number of thiazole rings is 1. The highest BCUT2D eigenvalue weighted by atomic mass is 32.1. The highest BCUT2D eigenvalue weighted by Gasteiger charge is 2.53. The van der Waals surface area contributed by atoms with Crippen molar-refractivity contribution in [2.75, 3.05) is 13.2 Å². The van der Waals surface area contributed by atoms with Crippen molar-refractivity contribution >= 4 is 23.2 Å². The maximum atomic E-state index is 6.12. The molecule has 1 unspecified atom stereocenters. The molecule has 4 nitrogen and oxygen atoms in total. The third kappa shape index (κ3) is 2.32. The van der Waals surface area contributed by atoms with Gasteiger partial charge in [-0.3, -0.25) is 0 Å². The molecule has 110 valence electrons. The Bertz CT molecular complexity index is 493. The van der Waals surface area contributed by atoms with Crippen LogP contribution in [0.3, 0.4) is 0 Å². The molecule has 0 saturated carbocycles. The highest BCUT2D eigenvalue weighted by Crippen LogP contribution is 2.37. The van der Waals surface area contributed by atoms with Crippen LogP contribution >= 0.6 is 11.3 Å². The molecule has 6 heteroatoms. The van der Waals surface area contributed by atoms with E-state index in [4.69, 9.17) is 19.0 Å². The minimum atomic E-state index is -0.301. The van der Waals surface area contributed by atoms with Crippen LogP contribution in [0.15, 0.2) is 0 Å². The van der Waals surface area contributed by atoms with Crippen LogP contribution in [0, 0.1) is 6.92 Å². The molecule has 2 aliphatic rings. The second-order valence-corrected chi connectivity index (χ2v) is 7.71. The smallest absolute Gasteiger partial charge is 0.399 e. The fraction of sp³-hybridized carbons (Fsp3) is 0.786. The lowest BCUT2D eigenvalue weighted by molar-refractivity contribution is 0.00578. The first-order valence-corrected chi connectivity index (χ1v) is 8.02. The summed E-state index contributed by atoms with van der Waals surface area (Å²) in [6, 6.07) is 0. The van der Waals surface area contributed by atoms with Gasteiger partial charge in [-0.05, 0) is 41.0 Å². The van der Waals surface area contributed by atoms with Crippen molar-refractivity contribution in [2.24, 2.45) is 0 Å². The summed E-state index contributed by atoms with van der Waals surface area (Å²) in [6.07, 6.45) is 1.07. The molecule has 0 aliphatic carbocycles. The Labute approximate surface area is 125 Å². The molecule has 1 atom stereocenters. The van der Waals surface area contributed by atoms with Gasteiger partial charge in [-0.25, -0.2) is 4.98 Å². The van der Waals surface area contributed by atoms with E-state index < -0.39 is 0 Å². The molecule has 20 heavy (non-hydrogen) atoms. The van der Waals surface area contributed by atoms with Crippen LogP contribution < -0.4 is 4.78 Å². The average molecular weight is 295 g/mol. The summed E-state index contributed by atoms with van der Waals surface area (Å²) in [5, 5.41) is 1.16. The second kappa shape index (κ2) is 4.80. The van der Waals surface area contributed by atoms with Crippen molar-refractivity contribution in [3.8, 4) is 0 Å². The Morgan fingerprint density at radius 1 is 1.20 bits per heavy atom. The fourth-order valence-electron chi connectivity index (χ4n) is 2.50. The van der Waals surface area contributed by atoms with Crippen molar-refractivity contribution in [3.05, 3.63) is 10.7 Å². The molecule has 0 amide bonds. The minimum absolute atomic E-state index is 0.298. The van der Waals surface area contributed by atoms with E-state index in [-0.39, 0.29) is 18.3 Å². The highest BCUT2D eigenvalue weighted by molar-refractivity contribution is 7.22. The van der Waals surface area contributed by atoms with Crippen LogP contribution in [-0.2, 0) is 14.0 Å².